The van der Waals surface area contributed by atoms with Gasteiger partial charge in [-0.1, -0.05) is 0 Å². The Bertz CT molecular complexity index is 592. The lowest BCUT2D eigenvalue weighted by Crippen LogP contribution is -2.43. The van der Waals surface area contributed by atoms with Crippen LogP contribution in [0.3, 0.4) is 0 Å². The molecule has 0 aromatic carbocycles. The number of carboxylic acids is 1. The first-order valence-electron chi connectivity index (χ1n) is 7.37. The van der Waals surface area contributed by atoms with Crippen LogP contribution in [-0.4, -0.2) is 59.1 Å². The number of pyridine rings is 1. The Kier molecular flexibility index (Phi) is 5.15. The van der Waals surface area contributed by atoms with Gasteiger partial charge >= 0.3 is 12.0 Å². The predicted octanol–water partition coefficient (Wildman–Crippen LogP) is 0.318. The average molecular weight is 320 g/mol. The minimum atomic E-state index is -0.892. The Labute approximate surface area is 133 Å². The highest BCUT2D eigenvalue weighted by Crippen LogP contribution is 2.29. The lowest BCUT2D eigenvalue weighted by Gasteiger charge is -2.20. The summed E-state index contributed by atoms with van der Waals surface area (Å²) >= 11 is 0. The molecule has 3 amide bonds. The van der Waals surface area contributed by atoms with E-state index in [4.69, 9.17) is 5.11 Å². The molecule has 1 aromatic rings. The fourth-order valence-electron chi connectivity index (χ4n) is 2.37. The molecule has 1 unspecified atom stereocenters. The topological polar surface area (TPSA) is 112 Å². The molecular formula is C15H20N4O4. The molecule has 23 heavy (non-hydrogen) atoms. The molecule has 0 saturated carbocycles. The van der Waals surface area contributed by atoms with Gasteiger partial charge in [0.25, 0.3) is 5.91 Å². The van der Waals surface area contributed by atoms with Gasteiger partial charge in [0.2, 0.25) is 0 Å². The molecule has 1 aliphatic rings. The van der Waals surface area contributed by atoms with Crippen molar-refractivity contribution in [3.05, 3.63) is 30.1 Å². The monoisotopic (exact) mass is 320 g/mol. The van der Waals surface area contributed by atoms with Crippen LogP contribution in [-0.2, 0) is 4.79 Å². The highest BCUT2D eigenvalue weighted by molar-refractivity contribution is 5.93. The molecule has 0 spiro atoms. The Balaban J connectivity index is 1.70. The second kappa shape index (κ2) is 7.08. The van der Waals surface area contributed by atoms with Crippen molar-refractivity contribution in [3.8, 4) is 0 Å². The Morgan fingerprint density at radius 3 is 2.70 bits per heavy atom. The Hall–Kier alpha value is -2.64. The maximum atomic E-state index is 12.0. The van der Waals surface area contributed by atoms with E-state index in [9.17, 15) is 14.4 Å². The molecule has 1 fully saturated rings. The first-order valence-corrected chi connectivity index (χ1v) is 7.37. The third-order valence-electron chi connectivity index (χ3n) is 3.89. The minimum absolute atomic E-state index is 0.191. The average Bonchev–Trinajstić information content (AvgIpc) is 2.96. The summed E-state index contributed by atoms with van der Waals surface area (Å²) in [6.07, 6.45) is 3.48. The van der Waals surface area contributed by atoms with E-state index in [1.807, 2.05) is 0 Å². The lowest BCUT2D eigenvalue weighted by atomic mass is 9.90. The van der Waals surface area contributed by atoms with E-state index in [0.717, 1.165) is 0 Å². The normalized spacial score (nSPS) is 20.1. The zero-order valence-corrected chi connectivity index (χ0v) is 12.9. The second-order valence-electron chi connectivity index (χ2n) is 5.77. The van der Waals surface area contributed by atoms with E-state index < -0.39 is 11.4 Å². The van der Waals surface area contributed by atoms with Crippen LogP contribution in [0, 0.1) is 5.41 Å². The van der Waals surface area contributed by atoms with E-state index in [0.29, 0.717) is 18.5 Å². The number of likely N-dealkylation sites (tertiary alicyclic amines) is 1. The van der Waals surface area contributed by atoms with Gasteiger partial charge in [-0.3, -0.25) is 14.6 Å². The van der Waals surface area contributed by atoms with Crippen molar-refractivity contribution in [2.24, 2.45) is 5.41 Å². The summed E-state index contributed by atoms with van der Waals surface area (Å²) in [5, 5.41) is 14.5. The summed E-state index contributed by atoms with van der Waals surface area (Å²) in [7, 11) is 0. The van der Waals surface area contributed by atoms with E-state index in [1.54, 1.807) is 25.3 Å². The fourth-order valence-corrected chi connectivity index (χ4v) is 2.37. The Morgan fingerprint density at radius 1 is 1.35 bits per heavy atom. The molecule has 2 heterocycles. The standard InChI is InChI=1S/C15H20N4O4/c1-15(13(21)22)4-8-19(10-15)14(23)18-7-6-17-12(20)11-3-2-5-16-9-11/h2-3,5,9H,4,6-8,10H2,1H3,(H,17,20)(H,18,23)(H,21,22). The molecule has 8 nitrogen and oxygen atoms in total. The number of rotatable bonds is 5. The number of carbonyl (C=O) groups excluding carboxylic acids is 2. The number of carbonyl (C=O) groups is 3. The maximum Gasteiger partial charge on any atom is 0.317 e. The molecule has 1 aliphatic heterocycles. The third kappa shape index (κ3) is 4.18. The van der Waals surface area contributed by atoms with E-state index in [-0.39, 0.29) is 31.6 Å². The number of hydrogen-bond donors (Lipinski definition) is 3. The maximum absolute atomic E-state index is 12.0. The smallest absolute Gasteiger partial charge is 0.317 e. The van der Waals surface area contributed by atoms with Crippen LogP contribution in [0.1, 0.15) is 23.7 Å². The first kappa shape index (κ1) is 16.7. The molecule has 124 valence electrons. The van der Waals surface area contributed by atoms with Gasteiger partial charge in [-0.25, -0.2) is 4.79 Å². The number of aliphatic carboxylic acids is 1. The third-order valence-corrected chi connectivity index (χ3v) is 3.89. The van der Waals surface area contributed by atoms with Crippen LogP contribution >= 0.6 is 0 Å². The van der Waals surface area contributed by atoms with Gasteiger partial charge in [0.1, 0.15) is 0 Å². The molecule has 0 aliphatic carbocycles. The fraction of sp³-hybridized carbons (Fsp3) is 0.467. The first-order chi connectivity index (χ1) is 10.9. The summed E-state index contributed by atoms with van der Waals surface area (Å²) in [6, 6.07) is 3.01. The predicted molar refractivity (Wildman–Crippen MR) is 81.9 cm³/mol. The van der Waals surface area contributed by atoms with Crippen molar-refractivity contribution < 1.29 is 19.5 Å². The largest absolute Gasteiger partial charge is 0.481 e. The zero-order valence-electron chi connectivity index (χ0n) is 12.9. The van der Waals surface area contributed by atoms with Gasteiger partial charge in [0.05, 0.1) is 11.0 Å². The van der Waals surface area contributed by atoms with Crippen molar-refractivity contribution in [1.29, 1.82) is 0 Å². The minimum Gasteiger partial charge on any atom is -0.481 e. The summed E-state index contributed by atoms with van der Waals surface area (Å²) in [6.45, 7) is 2.79. The van der Waals surface area contributed by atoms with Crippen molar-refractivity contribution in [1.82, 2.24) is 20.5 Å². The van der Waals surface area contributed by atoms with Crippen LogP contribution in [0.4, 0.5) is 4.79 Å². The number of urea groups is 1. The molecular weight excluding hydrogens is 300 g/mol. The van der Waals surface area contributed by atoms with E-state index in [1.165, 1.54) is 11.1 Å². The molecule has 1 saturated heterocycles. The number of nitrogens with zero attached hydrogens (tertiary/aromatic N) is 2. The molecule has 1 atom stereocenters. The molecule has 3 N–H and O–H groups in total. The highest BCUT2D eigenvalue weighted by atomic mass is 16.4. The number of hydrogen-bond acceptors (Lipinski definition) is 4. The summed E-state index contributed by atoms with van der Waals surface area (Å²) in [5.41, 5.74) is -0.429. The second-order valence-corrected chi connectivity index (χ2v) is 5.77. The van der Waals surface area contributed by atoms with Crippen molar-refractivity contribution in [2.75, 3.05) is 26.2 Å². The summed E-state index contributed by atoms with van der Waals surface area (Å²) in [5.74, 6) is -1.15. The number of carboxylic acid groups (broad SMARTS) is 1. The lowest BCUT2D eigenvalue weighted by molar-refractivity contribution is -0.147. The van der Waals surface area contributed by atoms with Crippen LogP contribution in [0.5, 0.6) is 0 Å². The number of nitrogens with one attached hydrogen (secondary N) is 2. The van der Waals surface area contributed by atoms with Crippen LogP contribution in [0.2, 0.25) is 0 Å². The quantitative estimate of drug-likeness (QED) is 0.676. The van der Waals surface area contributed by atoms with Gasteiger partial charge < -0.3 is 20.6 Å². The van der Waals surface area contributed by atoms with Crippen LogP contribution in [0.15, 0.2) is 24.5 Å². The summed E-state index contributed by atoms with van der Waals surface area (Å²) in [4.78, 5) is 40.2. The zero-order chi connectivity index (χ0) is 16.9. The van der Waals surface area contributed by atoms with Gasteiger partial charge in [0, 0.05) is 38.6 Å². The van der Waals surface area contributed by atoms with Gasteiger partial charge in [-0.2, -0.15) is 0 Å². The van der Waals surface area contributed by atoms with Gasteiger partial charge in [-0.15, -0.1) is 0 Å². The van der Waals surface area contributed by atoms with Crippen LogP contribution < -0.4 is 10.6 Å². The molecule has 1 aromatic heterocycles. The summed E-state index contributed by atoms with van der Waals surface area (Å²) < 4.78 is 0. The number of aromatic nitrogens is 1. The van der Waals surface area contributed by atoms with Gasteiger partial charge in [0.15, 0.2) is 0 Å². The highest BCUT2D eigenvalue weighted by Gasteiger charge is 2.42. The Morgan fingerprint density at radius 2 is 2.09 bits per heavy atom. The molecule has 0 radical (unpaired) electrons. The van der Waals surface area contributed by atoms with Crippen molar-refractivity contribution in [2.45, 2.75) is 13.3 Å². The van der Waals surface area contributed by atoms with E-state index >= 15 is 0 Å². The SMILES string of the molecule is CC1(C(=O)O)CCN(C(=O)NCCNC(=O)c2cccnc2)C1. The molecule has 8 heteroatoms. The van der Waals surface area contributed by atoms with Gasteiger partial charge in [-0.05, 0) is 25.5 Å². The molecule has 0 bridgehead atoms. The molecule has 2 rings (SSSR count). The van der Waals surface area contributed by atoms with E-state index in [2.05, 4.69) is 15.6 Å². The van der Waals surface area contributed by atoms with Crippen LogP contribution in [0.25, 0.3) is 0 Å². The van der Waals surface area contributed by atoms with Crippen molar-refractivity contribution in [3.63, 3.8) is 0 Å². The van der Waals surface area contributed by atoms with Crippen molar-refractivity contribution >= 4 is 17.9 Å². The number of amides is 3.